The number of hydrogen-bond acceptors (Lipinski definition) is 16. The van der Waals surface area contributed by atoms with Crippen molar-refractivity contribution < 1.29 is 62.5 Å². The Bertz CT molecular complexity index is 1650. The number of aliphatic hydroxyl groups excluding tert-OH is 1. The van der Waals surface area contributed by atoms with Gasteiger partial charge >= 0.3 is 11.9 Å². The Balaban J connectivity index is 1.88. The number of aromatic nitrogens is 1. The van der Waals surface area contributed by atoms with Gasteiger partial charge in [0.2, 0.25) is 0 Å². The quantitative estimate of drug-likeness (QED) is 0.279. The van der Waals surface area contributed by atoms with Gasteiger partial charge in [-0.2, -0.15) is 0 Å². The minimum absolute atomic E-state index is 0.0341. The van der Waals surface area contributed by atoms with Gasteiger partial charge in [0.25, 0.3) is 0 Å². The second-order valence-corrected chi connectivity index (χ2v) is 19.5. The van der Waals surface area contributed by atoms with E-state index in [1.165, 1.54) is 21.0 Å². The maximum atomic E-state index is 14.5. The van der Waals surface area contributed by atoms with E-state index in [4.69, 9.17) is 37.9 Å². The van der Waals surface area contributed by atoms with Crippen LogP contribution in [0.3, 0.4) is 0 Å². The van der Waals surface area contributed by atoms with Crippen LogP contribution < -0.4 is 0 Å². The standard InChI is InChI=1S/C47H79N3O13/c1-17-35-47(11,55)40(53)28(4)38(52)26(2)22-45(9,56-15)41(63-44-37(49(12)13)34(21-27(3)58-44)50(14)25-33-19-18-20-48-24-33)29(5)39(30(6)43(54)61-35)62-36-23-46(10,57-16)42(31(7)59-36)60-32(8)51/h18-20,24,26-31,34-37,39-42,44,53,55H,17,21-23,25H2,1-16H3/t26-,27-,28+,29+,30-,31+,34-,35-,36+,37+,39+,40-,41-,42+,44+,45+,46-,47-/m1/s1. The Kier molecular flexibility index (Phi) is 18.3. The zero-order valence-corrected chi connectivity index (χ0v) is 40.7. The first-order valence-electron chi connectivity index (χ1n) is 22.6. The molecule has 0 aliphatic carbocycles. The Morgan fingerprint density at radius 1 is 0.937 bits per heavy atom. The third-order valence-corrected chi connectivity index (χ3v) is 14.2. The normalized spacial score (nSPS) is 42.4. The van der Waals surface area contributed by atoms with E-state index in [-0.39, 0.29) is 43.2 Å². The molecule has 0 unspecified atom stereocenters. The largest absolute Gasteiger partial charge is 0.459 e. The van der Waals surface area contributed by atoms with Crippen LogP contribution in [0.1, 0.15) is 107 Å². The van der Waals surface area contributed by atoms with E-state index in [1.54, 1.807) is 47.9 Å². The maximum Gasteiger partial charge on any atom is 0.311 e. The Hall–Kier alpha value is -2.64. The fourth-order valence-corrected chi connectivity index (χ4v) is 10.4. The zero-order valence-electron chi connectivity index (χ0n) is 40.7. The highest BCUT2D eigenvalue weighted by Crippen LogP contribution is 2.42. The first kappa shape index (κ1) is 53.0. The number of methoxy groups -OCH3 is 2. The summed E-state index contributed by atoms with van der Waals surface area (Å²) >= 11 is 0. The fraction of sp³-hybridized carbons (Fsp3) is 0.830. The topological polar surface area (TPSA) is 185 Å². The molecule has 0 radical (unpaired) electrons. The fourth-order valence-electron chi connectivity index (χ4n) is 10.4. The number of hydrogen-bond donors (Lipinski definition) is 2. The highest BCUT2D eigenvalue weighted by molar-refractivity contribution is 5.83. The third-order valence-electron chi connectivity index (χ3n) is 14.2. The minimum atomic E-state index is -1.98. The number of cyclic esters (lactones) is 1. The molecule has 1 aromatic heterocycles. The number of likely N-dealkylation sites (N-methyl/N-ethyl adjacent to an activating group) is 2. The van der Waals surface area contributed by atoms with Gasteiger partial charge in [0.1, 0.15) is 23.1 Å². The highest BCUT2D eigenvalue weighted by Gasteiger charge is 2.55. The van der Waals surface area contributed by atoms with Gasteiger partial charge in [-0.1, -0.05) is 33.8 Å². The van der Waals surface area contributed by atoms with Crippen molar-refractivity contribution in [2.45, 2.75) is 193 Å². The van der Waals surface area contributed by atoms with Crippen molar-refractivity contribution in [2.24, 2.45) is 23.7 Å². The molecule has 18 atom stereocenters. The van der Waals surface area contributed by atoms with Gasteiger partial charge in [-0.15, -0.1) is 0 Å². The zero-order chi connectivity index (χ0) is 47.4. The van der Waals surface area contributed by atoms with Gasteiger partial charge in [-0.3, -0.25) is 24.3 Å². The maximum absolute atomic E-state index is 14.5. The number of carbonyl (C=O) groups is 3. The molecule has 3 aliphatic rings. The van der Waals surface area contributed by atoms with Crippen molar-refractivity contribution in [3.05, 3.63) is 30.1 Å². The van der Waals surface area contributed by atoms with Gasteiger partial charge in [-0.05, 0) is 93.6 Å². The summed E-state index contributed by atoms with van der Waals surface area (Å²) in [6.07, 6.45) is -3.34. The van der Waals surface area contributed by atoms with Crippen LogP contribution in [0.15, 0.2) is 24.5 Å². The van der Waals surface area contributed by atoms with E-state index >= 15 is 0 Å². The van der Waals surface area contributed by atoms with Crippen molar-refractivity contribution in [3.8, 4) is 0 Å². The number of Topliss-reactive ketones (excluding diaryl/α,β-unsaturated/α-hetero) is 1. The van der Waals surface area contributed by atoms with Gasteiger partial charge < -0.3 is 53.0 Å². The molecule has 0 bridgehead atoms. The van der Waals surface area contributed by atoms with Crippen molar-refractivity contribution in [2.75, 3.05) is 35.4 Å². The van der Waals surface area contributed by atoms with Gasteiger partial charge in [0.05, 0.1) is 48.1 Å². The summed E-state index contributed by atoms with van der Waals surface area (Å²) in [5.41, 5.74) is -3.18. The summed E-state index contributed by atoms with van der Waals surface area (Å²) in [4.78, 5) is 49.8. The van der Waals surface area contributed by atoms with Crippen LogP contribution in [0, 0.1) is 23.7 Å². The summed E-state index contributed by atoms with van der Waals surface area (Å²) in [6, 6.07) is 3.64. The van der Waals surface area contributed by atoms with Crippen LogP contribution >= 0.6 is 0 Å². The van der Waals surface area contributed by atoms with E-state index in [0.717, 1.165) is 5.56 Å². The van der Waals surface area contributed by atoms with Gasteiger partial charge in [-0.25, -0.2) is 0 Å². The van der Waals surface area contributed by atoms with E-state index < -0.39 is 102 Å². The highest BCUT2D eigenvalue weighted by atomic mass is 16.7. The van der Waals surface area contributed by atoms with E-state index in [9.17, 15) is 24.6 Å². The summed E-state index contributed by atoms with van der Waals surface area (Å²) in [6.45, 7) is 19.6. The first-order chi connectivity index (χ1) is 29.3. The number of esters is 2. The van der Waals surface area contributed by atoms with Crippen LogP contribution in [0.5, 0.6) is 0 Å². The number of rotatable bonds is 12. The number of ketones is 1. The molecular formula is C47H79N3O13. The average Bonchev–Trinajstić information content (AvgIpc) is 3.23. The number of ether oxygens (including phenoxy) is 8. The lowest BCUT2D eigenvalue weighted by molar-refractivity contribution is -0.315. The molecule has 0 aromatic carbocycles. The molecule has 3 fully saturated rings. The Morgan fingerprint density at radius 3 is 2.13 bits per heavy atom. The molecule has 4 rings (SSSR count). The summed E-state index contributed by atoms with van der Waals surface area (Å²) in [7, 11) is 9.16. The second-order valence-electron chi connectivity index (χ2n) is 19.5. The summed E-state index contributed by atoms with van der Waals surface area (Å²) in [5, 5.41) is 23.5. The molecule has 3 saturated heterocycles. The van der Waals surface area contributed by atoms with Crippen LogP contribution in [-0.4, -0.2) is 162 Å². The average molecular weight is 894 g/mol. The Morgan fingerprint density at radius 2 is 1.57 bits per heavy atom. The molecule has 16 heteroatoms. The lowest BCUT2D eigenvalue weighted by Crippen LogP contribution is -2.64. The second kappa shape index (κ2) is 21.8. The molecule has 0 amide bonds. The van der Waals surface area contributed by atoms with Crippen LogP contribution in [0.2, 0.25) is 0 Å². The molecule has 63 heavy (non-hydrogen) atoms. The van der Waals surface area contributed by atoms with Crippen molar-refractivity contribution >= 4 is 17.7 Å². The molecule has 360 valence electrons. The number of aliphatic hydroxyl groups is 2. The third kappa shape index (κ3) is 12.0. The molecule has 16 nitrogen and oxygen atoms in total. The van der Waals surface area contributed by atoms with Gasteiger partial charge in [0, 0.05) is 70.3 Å². The smallest absolute Gasteiger partial charge is 0.311 e. The molecule has 4 heterocycles. The van der Waals surface area contributed by atoms with Crippen LogP contribution in [0.4, 0.5) is 0 Å². The molecule has 1 aromatic rings. The summed E-state index contributed by atoms with van der Waals surface area (Å²) in [5.74, 6) is -4.90. The predicted molar refractivity (Wildman–Crippen MR) is 234 cm³/mol. The number of nitrogens with zero attached hydrogens (tertiary/aromatic N) is 3. The summed E-state index contributed by atoms with van der Waals surface area (Å²) < 4.78 is 51.7. The molecule has 3 aliphatic heterocycles. The lowest BCUT2D eigenvalue weighted by atomic mass is 9.73. The van der Waals surface area contributed by atoms with Crippen molar-refractivity contribution in [1.82, 2.24) is 14.8 Å². The molecule has 2 N–H and O–H groups in total. The number of carbonyl (C=O) groups excluding carboxylic acids is 3. The minimum Gasteiger partial charge on any atom is -0.459 e. The van der Waals surface area contributed by atoms with E-state index in [1.807, 2.05) is 60.1 Å². The van der Waals surface area contributed by atoms with Crippen LogP contribution in [-0.2, 0) is 58.8 Å². The number of pyridine rings is 1. The lowest BCUT2D eigenvalue weighted by Gasteiger charge is -2.52. The van der Waals surface area contributed by atoms with E-state index in [2.05, 4.69) is 21.8 Å². The molecule has 0 saturated carbocycles. The predicted octanol–water partition coefficient (Wildman–Crippen LogP) is 4.55. The first-order valence-corrected chi connectivity index (χ1v) is 22.6. The molecule has 0 spiro atoms. The SMILES string of the molecule is CC[C@H]1OC(=O)[C@H](C)[C@@H](O[C@H]2C[C@@](C)(OC)[C@@H](OC(C)=O)[C@H](C)O2)[C@H](C)[C@@H](O[C@@H]2O[C@H](C)C[C@@H](N(C)Cc3cccnc3)[C@@H]2N(C)C)[C@@](C)(OC)C[C@@H](C)C(=O)[C@H](C)[C@@H](O)[C@]1(C)O. The van der Waals surface area contributed by atoms with Crippen LogP contribution in [0.25, 0.3) is 0 Å². The Labute approximate surface area is 375 Å². The molecular weight excluding hydrogens is 815 g/mol. The van der Waals surface area contributed by atoms with Crippen molar-refractivity contribution in [1.29, 1.82) is 0 Å². The van der Waals surface area contributed by atoms with Crippen molar-refractivity contribution in [3.63, 3.8) is 0 Å². The van der Waals surface area contributed by atoms with Gasteiger partial charge in [0.15, 0.2) is 18.7 Å². The van der Waals surface area contributed by atoms with E-state index in [0.29, 0.717) is 13.0 Å². The monoisotopic (exact) mass is 894 g/mol.